The zero-order valence-electron chi connectivity index (χ0n) is 11.9. The molecule has 0 aliphatic heterocycles. The van der Waals surface area contributed by atoms with E-state index in [4.69, 9.17) is 10.5 Å². The number of hydrogen-bond donors (Lipinski definition) is 1. The van der Waals surface area contributed by atoms with Gasteiger partial charge in [0.15, 0.2) is 0 Å². The Labute approximate surface area is 111 Å². The van der Waals surface area contributed by atoms with Crippen molar-refractivity contribution in [2.75, 3.05) is 25.4 Å². The summed E-state index contributed by atoms with van der Waals surface area (Å²) in [6.07, 6.45) is 2.23. The SMILES string of the molecule is CCC(C)N(CC)CCCOc1ccccc1N. The van der Waals surface area contributed by atoms with E-state index in [-0.39, 0.29) is 0 Å². The molecule has 2 N–H and O–H groups in total. The molecule has 0 fully saturated rings. The van der Waals surface area contributed by atoms with Crippen LogP contribution in [0.2, 0.25) is 0 Å². The maximum Gasteiger partial charge on any atom is 0.142 e. The molecule has 0 bridgehead atoms. The number of nitrogens with two attached hydrogens (primary N) is 1. The lowest BCUT2D eigenvalue weighted by Crippen LogP contribution is -2.33. The van der Waals surface area contributed by atoms with E-state index in [2.05, 4.69) is 25.7 Å². The van der Waals surface area contributed by atoms with Gasteiger partial charge in [-0.15, -0.1) is 0 Å². The van der Waals surface area contributed by atoms with E-state index >= 15 is 0 Å². The predicted molar refractivity (Wildman–Crippen MR) is 78.0 cm³/mol. The van der Waals surface area contributed by atoms with Crippen LogP contribution in [-0.4, -0.2) is 30.6 Å². The van der Waals surface area contributed by atoms with Gasteiger partial charge in [-0.3, -0.25) is 0 Å². The van der Waals surface area contributed by atoms with Crippen LogP contribution in [0.1, 0.15) is 33.6 Å². The fourth-order valence-corrected chi connectivity index (χ4v) is 2.01. The summed E-state index contributed by atoms with van der Waals surface area (Å²) >= 11 is 0. The average molecular weight is 250 g/mol. The van der Waals surface area contributed by atoms with E-state index in [0.717, 1.165) is 31.9 Å². The zero-order valence-corrected chi connectivity index (χ0v) is 11.9. The minimum atomic E-state index is 0.650. The van der Waals surface area contributed by atoms with Crippen molar-refractivity contribution >= 4 is 5.69 Å². The zero-order chi connectivity index (χ0) is 13.4. The van der Waals surface area contributed by atoms with Crippen LogP contribution in [0.4, 0.5) is 5.69 Å². The van der Waals surface area contributed by atoms with Gasteiger partial charge in [0, 0.05) is 12.6 Å². The molecule has 0 saturated heterocycles. The molecule has 1 unspecified atom stereocenters. The second kappa shape index (κ2) is 7.98. The summed E-state index contributed by atoms with van der Waals surface area (Å²) in [5.41, 5.74) is 6.54. The Balaban J connectivity index is 2.28. The topological polar surface area (TPSA) is 38.5 Å². The number of hydrogen-bond acceptors (Lipinski definition) is 3. The highest BCUT2D eigenvalue weighted by atomic mass is 16.5. The third-order valence-corrected chi connectivity index (χ3v) is 3.39. The number of anilines is 1. The summed E-state index contributed by atoms with van der Waals surface area (Å²) in [5.74, 6) is 0.795. The second-order valence-corrected chi connectivity index (χ2v) is 4.63. The van der Waals surface area contributed by atoms with Gasteiger partial charge in [-0.1, -0.05) is 26.0 Å². The fourth-order valence-electron chi connectivity index (χ4n) is 2.01. The highest BCUT2D eigenvalue weighted by Gasteiger charge is 2.09. The van der Waals surface area contributed by atoms with Gasteiger partial charge in [-0.2, -0.15) is 0 Å². The van der Waals surface area contributed by atoms with Crippen LogP contribution in [0, 0.1) is 0 Å². The number of benzene rings is 1. The Morgan fingerprint density at radius 3 is 2.61 bits per heavy atom. The van der Waals surface area contributed by atoms with E-state index in [1.54, 1.807) is 0 Å². The fraction of sp³-hybridized carbons (Fsp3) is 0.600. The van der Waals surface area contributed by atoms with Crippen molar-refractivity contribution in [1.82, 2.24) is 4.90 Å². The molecule has 1 rings (SSSR count). The molecule has 3 heteroatoms. The van der Waals surface area contributed by atoms with Crippen LogP contribution < -0.4 is 10.5 Å². The molecule has 0 spiro atoms. The molecule has 18 heavy (non-hydrogen) atoms. The smallest absolute Gasteiger partial charge is 0.142 e. The van der Waals surface area contributed by atoms with Crippen LogP contribution in [0.25, 0.3) is 0 Å². The van der Waals surface area contributed by atoms with E-state index in [1.807, 2.05) is 24.3 Å². The lowest BCUT2D eigenvalue weighted by atomic mass is 10.2. The normalized spacial score (nSPS) is 12.7. The molecule has 0 saturated carbocycles. The van der Waals surface area contributed by atoms with Gasteiger partial charge < -0.3 is 15.4 Å². The number of nitrogen functional groups attached to an aromatic ring is 1. The maximum absolute atomic E-state index is 5.82. The predicted octanol–water partition coefficient (Wildman–Crippen LogP) is 3.16. The first-order valence-electron chi connectivity index (χ1n) is 6.90. The summed E-state index contributed by atoms with van der Waals surface area (Å²) in [5, 5.41) is 0. The van der Waals surface area contributed by atoms with E-state index in [1.165, 1.54) is 6.42 Å². The highest BCUT2D eigenvalue weighted by Crippen LogP contribution is 2.19. The van der Waals surface area contributed by atoms with Crippen LogP contribution in [0.3, 0.4) is 0 Å². The Hall–Kier alpha value is -1.22. The summed E-state index contributed by atoms with van der Waals surface area (Å²) in [6.45, 7) is 9.62. The molecule has 3 nitrogen and oxygen atoms in total. The lowest BCUT2D eigenvalue weighted by Gasteiger charge is -2.26. The van der Waals surface area contributed by atoms with Gasteiger partial charge in [-0.25, -0.2) is 0 Å². The number of ether oxygens (including phenoxy) is 1. The van der Waals surface area contributed by atoms with Crippen molar-refractivity contribution in [1.29, 1.82) is 0 Å². The third kappa shape index (κ3) is 4.57. The van der Waals surface area contributed by atoms with Gasteiger partial charge in [0.25, 0.3) is 0 Å². The van der Waals surface area contributed by atoms with Crippen molar-refractivity contribution in [3.8, 4) is 5.75 Å². The van der Waals surface area contributed by atoms with Crippen molar-refractivity contribution in [2.45, 2.75) is 39.7 Å². The van der Waals surface area contributed by atoms with Gasteiger partial charge >= 0.3 is 0 Å². The standard InChI is InChI=1S/C15H26N2O/c1-4-13(3)17(5-2)11-8-12-18-15-10-7-6-9-14(15)16/h6-7,9-10,13H,4-5,8,11-12,16H2,1-3H3. The molecular formula is C15H26N2O. The maximum atomic E-state index is 5.82. The molecule has 0 aromatic heterocycles. The Bertz CT molecular complexity index is 341. The summed E-state index contributed by atoms with van der Waals surface area (Å²) in [7, 11) is 0. The van der Waals surface area contributed by atoms with Crippen molar-refractivity contribution in [2.24, 2.45) is 0 Å². The Kier molecular flexibility index (Phi) is 6.58. The largest absolute Gasteiger partial charge is 0.491 e. The van der Waals surface area contributed by atoms with Crippen LogP contribution in [0.15, 0.2) is 24.3 Å². The van der Waals surface area contributed by atoms with Gasteiger partial charge in [0.2, 0.25) is 0 Å². The molecule has 0 heterocycles. The minimum Gasteiger partial charge on any atom is -0.491 e. The minimum absolute atomic E-state index is 0.650. The molecule has 1 aromatic rings. The average Bonchev–Trinajstić information content (AvgIpc) is 2.40. The molecule has 102 valence electrons. The van der Waals surface area contributed by atoms with Crippen molar-refractivity contribution in [3.63, 3.8) is 0 Å². The lowest BCUT2D eigenvalue weighted by molar-refractivity contribution is 0.193. The monoisotopic (exact) mass is 250 g/mol. The van der Waals surface area contributed by atoms with Crippen molar-refractivity contribution < 1.29 is 4.74 Å². The Morgan fingerprint density at radius 2 is 2.00 bits per heavy atom. The molecule has 1 atom stereocenters. The van der Waals surface area contributed by atoms with Crippen molar-refractivity contribution in [3.05, 3.63) is 24.3 Å². The van der Waals surface area contributed by atoms with Crippen LogP contribution in [0.5, 0.6) is 5.75 Å². The van der Waals surface area contributed by atoms with Crippen LogP contribution in [-0.2, 0) is 0 Å². The number of rotatable bonds is 8. The third-order valence-electron chi connectivity index (χ3n) is 3.39. The van der Waals surface area contributed by atoms with E-state index in [0.29, 0.717) is 11.7 Å². The number of para-hydroxylation sites is 2. The molecule has 0 aliphatic carbocycles. The van der Waals surface area contributed by atoms with E-state index < -0.39 is 0 Å². The van der Waals surface area contributed by atoms with Gasteiger partial charge in [-0.05, 0) is 38.4 Å². The highest BCUT2D eigenvalue weighted by molar-refractivity contribution is 5.51. The summed E-state index contributed by atoms with van der Waals surface area (Å²) < 4.78 is 5.69. The first kappa shape index (κ1) is 14.8. The van der Waals surface area contributed by atoms with E-state index in [9.17, 15) is 0 Å². The molecular weight excluding hydrogens is 224 g/mol. The summed E-state index contributed by atoms with van der Waals surface area (Å²) in [6, 6.07) is 8.30. The molecule has 0 aliphatic rings. The second-order valence-electron chi connectivity index (χ2n) is 4.63. The quantitative estimate of drug-likeness (QED) is 0.569. The molecule has 0 radical (unpaired) electrons. The van der Waals surface area contributed by atoms with Gasteiger partial charge in [0.05, 0.1) is 12.3 Å². The number of nitrogens with zero attached hydrogens (tertiary/aromatic N) is 1. The van der Waals surface area contributed by atoms with Crippen LogP contribution >= 0.6 is 0 Å². The Morgan fingerprint density at radius 1 is 1.28 bits per heavy atom. The molecule has 0 amide bonds. The summed E-state index contributed by atoms with van der Waals surface area (Å²) in [4.78, 5) is 2.48. The van der Waals surface area contributed by atoms with Gasteiger partial charge in [0.1, 0.15) is 5.75 Å². The first-order chi connectivity index (χ1) is 8.69. The molecule has 1 aromatic carbocycles. The first-order valence-corrected chi connectivity index (χ1v) is 6.90.